The number of rotatable bonds is 7. The molecule has 182 valence electrons. The van der Waals surface area contributed by atoms with Crippen LogP contribution in [0, 0.1) is 19.8 Å². The molecular weight excluding hydrogens is 436 g/mol. The lowest BCUT2D eigenvalue weighted by Gasteiger charge is -2.33. The molecule has 8 heteroatoms. The average Bonchev–Trinajstić information content (AvgIpc) is 3.53. The number of pyridine rings is 1. The Kier molecular flexibility index (Phi) is 5.78. The minimum absolute atomic E-state index is 0.353. The fraction of sp³-hybridized carbons (Fsp3) is 0.444. The molecule has 0 amide bonds. The highest BCUT2D eigenvalue weighted by Crippen LogP contribution is 2.34. The third-order valence-corrected chi connectivity index (χ3v) is 7.49. The number of nitrogens with one attached hydrogen (secondary N) is 3. The SMILES string of the molecule is Cc1nn(CC2CC2)c(C)c1-c1ccc2nc(Nc3cc(C(C)N4CCNCC4)ccn3)[nH]c2c1. The van der Waals surface area contributed by atoms with Crippen LogP contribution in [-0.2, 0) is 6.54 Å². The number of H-pyrrole nitrogens is 1. The van der Waals surface area contributed by atoms with Crippen molar-refractivity contribution >= 4 is 22.8 Å². The number of aryl methyl sites for hydroxylation is 1. The van der Waals surface area contributed by atoms with Crippen molar-refractivity contribution in [1.29, 1.82) is 0 Å². The summed E-state index contributed by atoms with van der Waals surface area (Å²) in [6, 6.07) is 11.0. The normalized spacial score (nSPS) is 17.7. The Bertz CT molecular complexity index is 1340. The first-order valence-electron chi connectivity index (χ1n) is 12.8. The number of nitrogens with zero attached hydrogens (tertiary/aromatic N) is 5. The van der Waals surface area contributed by atoms with Gasteiger partial charge in [0, 0.05) is 56.2 Å². The summed E-state index contributed by atoms with van der Waals surface area (Å²) in [6.07, 6.45) is 4.54. The van der Waals surface area contributed by atoms with Gasteiger partial charge in [0.25, 0.3) is 0 Å². The van der Waals surface area contributed by atoms with E-state index in [-0.39, 0.29) is 0 Å². The molecular formula is C27H34N8. The zero-order chi connectivity index (χ0) is 23.9. The summed E-state index contributed by atoms with van der Waals surface area (Å²) in [5.74, 6) is 2.31. The highest BCUT2D eigenvalue weighted by molar-refractivity contribution is 5.85. The molecule has 1 aliphatic carbocycles. The zero-order valence-electron chi connectivity index (χ0n) is 20.8. The highest BCUT2D eigenvalue weighted by Gasteiger charge is 2.24. The van der Waals surface area contributed by atoms with Gasteiger partial charge in [0.2, 0.25) is 5.95 Å². The van der Waals surface area contributed by atoms with E-state index in [4.69, 9.17) is 10.1 Å². The highest BCUT2D eigenvalue weighted by atomic mass is 15.3. The smallest absolute Gasteiger partial charge is 0.206 e. The zero-order valence-corrected chi connectivity index (χ0v) is 20.8. The van der Waals surface area contributed by atoms with Crippen LogP contribution in [-0.4, -0.2) is 55.8 Å². The van der Waals surface area contributed by atoms with E-state index in [1.54, 1.807) is 0 Å². The van der Waals surface area contributed by atoms with Crippen molar-refractivity contribution < 1.29 is 0 Å². The van der Waals surface area contributed by atoms with Gasteiger partial charge in [-0.2, -0.15) is 5.10 Å². The van der Waals surface area contributed by atoms with E-state index >= 15 is 0 Å². The second-order valence-electron chi connectivity index (χ2n) is 10.1. The molecule has 35 heavy (non-hydrogen) atoms. The molecule has 6 rings (SSSR count). The molecule has 0 spiro atoms. The molecule has 0 radical (unpaired) electrons. The lowest BCUT2D eigenvalue weighted by Crippen LogP contribution is -2.44. The number of fused-ring (bicyclic) bond motifs is 1. The minimum Gasteiger partial charge on any atom is -0.324 e. The van der Waals surface area contributed by atoms with Gasteiger partial charge >= 0.3 is 0 Å². The van der Waals surface area contributed by atoms with E-state index in [0.29, 0.717) is 12.0 Å². The van der Waals surface area contributed by atoms with Crippen LogP contribution in [0.25, 0.3) is 22.2 Å². The fourth-order valence-corrected chi connectivity index (χ4v) is 5.24. The maximum Gasteiger partial charge on any atom is 0.206 e. The van der Waals surface area contributed by atoms with Crippen LogP contribution in [0.5, 0.6) is 0 Å². The maximum absolute atomic E-state index is 4.83. The van der Waals surface area contributed by atoms with Gasteiger partial charge in [-0.15, -0.1) is 0 Å². The second-order valence-corrected chi connectivity index (χ2v) is 10.1. The number of aromatic nitrogens is 5. The van der Waals surface area contributed by atoms with Crippen molar-refractivity contribution in [1.82, 2.24) is 34.9 Å². The van der Waals surface area contributed by atoms with Gasteiger partial charge in [-0.3, -0.25) is 9.58 Å². The summed E-state index contributed by atoms with van der Waals surface area (Å²) < 4.78 is 2.19. The fourth-order valence-electron chi connectivity index (χ4n) is 5.24. The van der Waals surface area contributed by atoms with Crippen LogP contribution < -0.4 is 10.6 Å². The Hall–Kier alpha value is -3.23. The molecule has 8 nitrogen and oxygen atoms in total. The van der Waals surface area contributed by atoms with E-state index < -0.39 is 0 Å². The average molecular weight is 471 g/mol. The Labute approximate surface area is 206 Å². The largest absolute Gasteiger partial charge is 0.324 e. The van der Waals surface area contributed by atoms with Gasteiger partial charge < -0.3 is 15.6 Å². The minimum atomic E-state index is 0.353. The van der Waals surface area contributed by atoms with Crippen LogP contribution in [0.2, 0.25) is 0 Å². The number of aromatic amines is 1. The van der Waals surface area contributed by atoms with Crippen molar-refractivity contribution in [3.63, 3.8) is 0 Å². The van der Waals surface area contributed by atoms with E-state index in [0.717, 1.165) is 61.2 Å². The molecule has 2 aliphatic rings. The van der Waals surface area contributed by atoms with Crippen LogP contribution in [0.1, 0.15) is 42.8 Å². The van der Waals surface area contributed by atoms with Crippen LogP contribution in [0.15, 0.2) is 36.5 Å². The molecule has 1 atom stereocenters. The third-order valence-electron chi connectivity index (χ3n) is 7.49. The third kappa shape index (κ3) is 4.56. The second kappa shape index (κ2) is 9.09. The van der Waals surface area contributed by atoms with E-state index in [1.165, 1.54) is 35.2 Å². The van der Waals surface area contributed by atoms with Crippen LogP contribution >= 0.6 is 0 Å². The molecule has 4 heterocycles. The van der Waals surface area contributed by atoms with Crippen molar-refractivity contribution in [2.24, 2.45) is 5.92 Å². The van der Waals surface area contributed by atoms with E-state index in [1.807, 2.05) is 6.20 Å². The molecule has 4 aromatic rings. The van der Waals surface area contributed by atoms with Crippen LogP contribution in [0.3, 0.4) is 0 Å². The molecule has 3 N–H and O–H groups in total. The molecule has 2 fully saturated rings. The van der Waals surface area contributed by atoms with Gasteiger partial charge in [0.1, 0.15) is 5.82 Å². The van der Waals surface area contributed by atoms with Gasteiger partial charge in [-0.05, 0) is 74.9 Å². The van der Waals surface area contributed by atoms with Gasteiger partial charge in [0.05, 0.1) is 16.7 Å². The summed E-state index contributed by atoms with van der Waals surface area (Å²) in [6.45, 7) is 11.8. The lowest BCUT2D eigenvalue weighted by molar-refractivity contribution is 0.185. The lowest BCUT2D eigenvalue weighted by atomic mass is 10.0. The molecule has 1 unspecified atom stereocenters. The van der Waals surface area contributed by atoms with Gasteiger partial charge in [-0.1, -0.05) is 6.07 Å². The summed E-state index contributed by atoms with van der Waals surface area (Å²) in [5.41, 5.74) is 7.93. The van der Waals surface area contributed by atoms with Gasteiger partial charge in [0.15, 0.2) is 0 Å². The molecule has 3 aromatic heterocycles. The number of benzene rings is 1. The van der Waals surface area contributed by atoms with Crippen LogP contribution in [0.4, 0.5) is 11.8 Å². The molecule has 1 saturated heterocycles. The van der Waals surface area contributed by atoms with Crippen molar-refractivity contribution in [2.45, 2.75) is 46.2 Å². The topological polar surface area (TPSA) is 86.7 Å². The predicted molar refractivity (Wildman–Crippen MR) is 140 cm³/mol. The van der Waals surface area contributed by atoms with Crippen molar-refractivity contribution in [2.75, 3.05) is 31.5 Å². The Morgan fingerprint density at radius 2 is 1.94 bits per heavy atom. The van der Waals surface area contributed by atoms with Crippen molar-refractivity contribution in [3.05, 3.63) is 53.5 Å². The monoisotopic (exact) mass is 470 g/mol. The Morgan fingerprint density at radius 1 is 1.11 bits per heavy atom. The van der Waals surface area contributed by atoms with Crippen molar-refractivity contribution in [3.8, 4) is 11.1 Å². The maximum atomic E-state index is 4.83. The van der Waals surface area contributed by atoms with E-state index in [9.17, 15) is 0 Å². The number of piperazine rings is 1. The van der Waals surface area contributed by atoms with Gasteiger partial charge in [-0.25, -0.2) is 9.97 Å². The quantitative estimate of drug-likeness (QED) is 0.367. The standard InChI is InChI=1S/C27H34N8/c1-17-26(19(3)35(33-17)16-20-4-5-20)22-6-7-23-24(14-22)31-27(30-23)32-25-15-21(8-9-29-25)18(2)34-12-10-28-11-13-34/h6-9,14-15,18,20,28H,4-5,10-13,16H2,1-3H3,(H2,29,30,31,32). The first-order chi connectivity index (χ1) is 17.0. The number of hydrogen-bond acceptors (Lipinski definition) is 6. The molecule has 1 aromatic carbocycles. The summed E-state index contributed by atoms with van der Waals surface area (Å²) in [7, 11) is 0. The first kappa shape index (κ1) is 22.2. The van der Waals surface area contributed by atoms with E-state index in [2.05, 4.69) is 81.3 Å². The Morgan fingerprint density at radius 3 is 2.74 bits per heavy atom. The number of anilines is 2. The molecule has 1 aliphatic heterocycles. The predicted octanol–water partition coefficient (Wildman–Crippen LogP) is 4.56. The Balaban J connectivity index is 1.23. The summed E-state index contributed by atoms with van der Waals surface area (Å²) >= 11 is 0. The molecule has 1 saturated carbocycles. The summed E-state index contributed by atoms with van der Waals surface area (Å²) in [4.78, 5) is 15.3. The molecule has 0 bridgehead atoms. The number of hydrogen-bond donors (Lipinski definition) is 3. The first-order valence-corrected chi connectivity index (χ1v) is 12.8. The summed E-state index contributed by atoms with van der Waals surface area (Å²) in [5, 5.41) is 11.6. The number of imidazole rings is 1.